The Balaban J connectivity index is 1.18. The minimum Gasteiger partial charge on any atom is -0.380 e. The molecular formula is C35H43ClN8. The molecule has 3 fully saturated rings. The van der Waals surface area contributed by atoms with Crippen LogP contribution in [0.3, 0.4) is 0 Å². The molecule has 3 unspecified atom stereocenters. The molecule has 0 radical (unpaired) electrons. The van der Waals surface area contributed by atoms with Gasteiger partial charge in [-0.05, 0) is 82.4 Å². The molecule has 0 amide bonds. The summed E-state index contributed by atoms with van der Waals surface area (Å²) in [5, 5.41) is 21.3. The Bertz CT molecular complexity index is 1580. The maximum absolute atomic E-state index is 10.0. The average molecular weight is 611 g/mol. The quantitative estimate of drug-likeness (QED) is 0.229. The number of piperidine rings is 1. The number of nitrogens with one attached hydrogen (secondary N) is 4. The number of halogens is 1. The maximum Gasteiger partial charge on any atom is 0.103 e. The van der Waals surface area contributed by atoms with Crippen LogP contribution in [0.1, 0.15) is 76.5 Å². The van der Waals surface area contributed by atoms with Crippen molar-refractivity contribution in [2.75, 3.05) is 23.7 Å². The van der Waals surface area contributed by atoms with Gasteiger partial charge in [0.1, 0.15) is 6.07 Å². The van der Waals surface area contributed by atoms with Crippen LogP contribution in [0.15, 0.2) is 60.6 Å². The number of fused-ring (bicyclic) bond motifs is 3. The van der Waals surface area contributed by atoms with E-state index in [1.165, 1.54) is 25.7 Å². The second-order valence-electron chi connectivity index (χ2n) is 14.0. The van der Waals surface area contributed by atoms with Crippen molar-refractivity contribution in [1.82, 2.24) is 25.9 Å². The molecule has 0 spiro atoms. The molecule has 2 aromatic carbocycles. The van der Waals surface area contributed by atoms with Crippen molar-refractivity contribution < 1.29 is 0 Å². The third kappa shape index (κ3) is 5.69. The highest BCUT2D eigenvalue weighted by atomic mass is 35.5. The normalized spacial score (nSPS) is 24.7. The van der Waals surface area contributed by atoms with Gasteiger partial charge in [0.25, 0.3) is 0 Å². The van der Waals surface area contributed by atoms with Gasteiger partial charge in [0.2, 0.25) is 0 Å². The molecule has 3 heterocycles. The fourth-order valence-corrected chi connectivity index (χ4v) is 8.11. The summed E-state index contributed by atoms with van der Waals surface area (Å²) in [5.41, 5.74) is 12.3. The maximum atomic E-state index is 10.0. The summed E-state index contributed by atoms with van der Waals surface area (Å²) in [5.74, 6) is 1.47. The van der Waals surface area contributed by atoms with Gasteiger partial charge in [0.05, 0.1) is 33.5 Å². The van der Waals surface area contributed by atoms with Crippen LogP contribution in [0.25, 0.3) is 10.9 Å². The molecule has 4 N–H and O–H groups in total. The third-order valence-corrected chi connectivity index (χ3v) is 10.6. The lowest BCUT2D eigenvalue weighted by molar-refractivity contribution is 0.0570. The van der Waals surface area contributed by atoms with Crippen LogP contribution in [0.2, 0.25) is 5.02 Å². The van der Waals surface area contributed by atoms with Gasteiger partial charge >= 0.3 is 0 Å². The van der Waals surface area contributed by atoms with Gasteiger partial charge in [0.15, 0.2) is 0 Å². The molecule has 7 rings (SSSR count). The summed E-state index contributed by atoms with van der Waals surface area (Å²) in [6, 6.07) is 17.6. The standard InChI is InChI=1S/C35H43ClN8/c1-35(2,3)43-13-11-27(12-14-43)44-21-31(41-42-44)33(23-7-5-4-6-8-23)39-26-17-28-32(40-30-16-22-9-10-24(30)15-22)25(19-37)20-38-34(28)29(36)18-26/h4-8,17-18,20-22,24,27,30,33,39,41-42H,9-16H2,1-3H3,(H,38,40)/t22?,24?,30?,33-/m0/s1. The lowest BCUT2D eigenvalue weighted by atomic mass is 9.94. The van der Waals surface area contributed by atoms with Crippen LogP contribution in [0, 0.1) is 23.2 Å². The van der Waals surface area contributed by atoms with Crippen molar-refractivity contribution in [2.45, 2.75) is 83.0 Å². The SMILES string of the molecule is CC(C)(C)N1CCC(N2C=C([C@@H](Nc3cc(Cl)c4ncc(C#N)c(NC5CC6CCC5C6)c4c3)c3ccccc3)NN2)CC1. The van der Waals surface area contributed by atoms with E-state index in [1.54, 1.807) is 6.20 Å². The number of likely N-dealkylation sites (tertiary alicyclic amines) is 1. The molecule has 8 nitrogen and oxygen atoms in total. The molecule has 2 saturated carbocycles. The number of anilines is 2. The Morgan fingerprint density at radius 1 is 1.07 bits per heavy atom. The monoisotopic (exact) mass is 610 g/mol. The zero-order valence-electron chi connectivity index (χ0n) is 25.9. The van der Waals surface area contributed by atoms with Crippen molar-refractivity contribution in [3.8, 4) is 6.07 Å². The number of nitrogens with zero attached hydrogens (tertiary/aromatic N) is 4. The number of hydrogen-bond donors (Lipinski definition) is 4. The van der Waals surface area contributed by atoms with Gasteiger partial charge in [0, 0.05) is 54.2 Å². The third-order valence-electron chi connectivity index (χ3n) is 10.3. The summed E-state index contributed by atoms with van der Waals surface area (Å²) >= 11 is 6.90. The number of nitriles is 1. The van der Waals surface area contributed by atoms with E-state index in [0.29, 0.717) is 34.1 Å². The zero-order chi connectivity index (χ0) is 30.4. The van der Waals surface area contributed by atoms with E-state index in [2.05, 4.69) is 99.9 Å². The molecule has 4 aliphatic rings. The van der Waals surface area contributed by atoms with Gasteiger partial charge < -0.3 is 16.1 Å². The highest BCUT2D eigenvalue weighted by molar-refractivity contribution is 6.35. The number of hydrazine groups is 2. The zero-order valence-corrected chi connectivity index (χ0v) is 26.7. The topological polar surface area (TPSA) is 91.3 Å². The fourth-order valence-electron chi connectivity index (χ4n) is 7.84. The molecular weight excluding hydrogens is 568 g/mol. The summed E-state index contributed by atoms with van der Waals surface area (Å²) in [7, 11) is 0. The first-order chi connectivity index (χ1) is 21.3. The van der Waals surface area contributed by atoms with Gasteiger partial charge in [-0.2, -0.15) is 5.26 Å². The lowest BCUT2D eigenvalue weighted by Gasteiger charge is -2.42. The van der Waals surface area contributed by atoms with Crippen molar-refractivity contribution in [2.24, 2.45) is 11.8 Å². The van der Waals surface area contributed by atoms with Crippen LogP contribution >= 0.6 is 11.6 Å². The van der Waals surface area contributed by atoms with Crippen LogP contribution < -0.4 is 21.6 Å². The number of hydrogen-bond acceptors (Lipinski definition) is 8. The Hall–Kier alpha value is -3.51. The van der Waals surface area contributed by atoms with Crippen molar-refractivity contribution in [1.29, 1.82) is 5.26 Å². The van der Waals surface area contributed by atoms with E-state index in [1.807, 2.05) is 12.1 Å². The van der Waals surface area contributed by atoms with E-state index in [9.17, 15) is 5.26 Å². The molecule has 9 heteroatoms. The van der Waals surface area contributed by atoms with Crippen molar-refractivity contribution >= 4 is 33.9 Å². The van der Waals surface area contributed by atoms with Gasteiger partial charge in [-0.25, -0.2) is 0 Å². The Labute approximate surface area is 265 Å². The Morgan fingerprint density at radius 3 is 2.55 bits per heavy atom. The molecule has 1 saturated heterocycles. The van der Waals surface area contributed by atoms with Crippen LogP contribution in [0.5, 0.6) is 0 Å². The largest absolute Gasteiger partial charge is 0.380 e. The van der Waals surface area contributed by atoms with E-state index in [4.69, 9.17) is 11.6 Å². The van der Waals surface area contributed by atoms with Gasteiger partial charge in [-0.3, -0.25) is 14.9 Å². The average Bonchev–Trinajstić information content (AvgIpc) is 3.79. The number of rotatable bonds is 7. The Kier molecular flexibility index (Phi) is 7.82. The van der Waals surface area contributed by atoms with Crippen LogP contribution in [0.4, 0.5) is 11.4 Å². The first-order valence-electron chi connectivity index (χ1n) is 16.1. The summed E-state index contributed by atoms with van der Waals surface area (Å²) in [6.45, 7) is 9.06. The highest BCUT2D eigenvalue weighted by Gasteiger charge is 2.40. The summed E-state index contributed by atoms with van der Waals surface area (Å²) in [6.07, 6.45) is 11.1. The predicted octanol–water partition coefficient (Wildman–Crippen LogP) is 6.94. The van der Waals surface area contributed by atoms with E-state index in [-0.39, 0.29) is 11.6 Å². The second-order valence-corrected chi connectivity index (χ2v) is 14.5. The molecule has 3 aromatic rings. The molecule has 230 valence electrons. The fraction of sp³-hybridized carbons (Fsp3) is 0.486. The van der Waals surface area contributed by atoms with Crippen LogP contribution in [-0.4, -0.2) is 45.6 Å². The lowest BCUT2D eigenvalue weighted by Crippen LogP contribution is -2.52. The minimum absolute atomic E-state index is 0.147. The van der Waals surface area contributed by atoms with E-state index >= 15 is 0 Å². The second kappa shape index (κ2) is 11.8. The highest BCUT2D eigenvalue weighted by Crippen LogP contribution is 2.46. The van der Waals surface area contributed by atoms with Crippen LogP contribution in [-0.2, 0) is 0 Å². The molecule has 2 aliphatic carbocycles. The Morgan fingerprint density at radius 2 is 1.86 bits per heavy atom. The molecule has 44 heavy (non-hydrogen) atoms. The minimum atomic E-state index is -0.147. The van der Waals surface area contributed by atoms with E-state index in [0.717, 1.165) is 59.9 Å². The first-order valence-corrected chi connectivity index (χ1v) is 16.5. The molecule has 1 aromatic heterocycles. The molecule has 4 atom stereocenters. The van der Waals surface area contributed by atoms with E-state index < -0.39 is 0 Å². The first kappa shape index (κ1) is 29.2. The van der Waals surface area contributed by atoms with Gasteiger partial charge in [-0.15, -0.1) is 5.53 Å². The van der Waals surface area contributed by atoms with Gasteiger partial charge in [-0.1, -0.05) is 48.4 Å². The smallest absolute Gasteiger partial charge is 0.103 e. The predicted molar refractivity (Wildman–Crippen MR) is 178 cm³/mol. The molecule has 2 aliphatic heterocycles. The summed E-state index contributed by atoms with van der Waals surface area (Å²) in [4.78, 5) is 7.18. The van der Waals surface area contributed by atoms with Crippen molar-refractivity contribution in [3.63, 3.8) is 0 Å². The van der Waals surface area contributed by atoms with Crippen molar-refractivity contribution in [3.05, 3.63) is 76.7 Å². The number of aromatic nitrogens is 1. The number of benzene rings is 2. The molecule has 2 bridgehead atoms. The number of pyridine rings is 1. The summed E-state index contributed by atoms with van der Waals surface area (Å²) < 4.78 is 0.